The zero-order chi connectivity index (χ0) is 25.3. The first-order valence-corrected chi connectivity index (χ1v) is 11.2. The van der Waals surface area contributed by atoms with Crippen LogP contribution < -0.4 is 20.1 Å². The van der Waals surface area contributed by atoms with Gasteiger partial charge >= 0.3 is 6.36 Å². The molecule has 0 aromatic heterocycles. The molecule has 10 heteroatoms. The average molecular weight is 492 g/mol. The van der Waals surface area contributed by atoms with Crippen LogP contribution in [0.1, 0.15) is 41.6 Å². The van der Waals surface area contributed by atoms with E-state index in [-0.39, 0.29) is 18.8 Å². The fourth-order valence-corrected chi connectivity index (χ4v) is 3.11. The molecule has 0 heterocycles. The predicted octanol–water partition coefficient (Wildman–Crippen LogP) is 4.03. The third kappa shape index (κ3) is 9.32. The minimum absolute atomic E-state index is 0.109. The Morgan fingerprint density at radius 2 is 1.69 bits per heavy atom. The lowest BCUT2D eigenvalue weighted by atomic mass is 10.1. The van der Waals surface area contributed by atoms with E-state index in [9.17, 15) is 22.8 Å². The van der Waals surface area contributed by atoms with Crippen molar-refractivity contribution in [1.29, 1.82) is 0 Å². The Labute approximate surface area is 200 Å². The molecule has 7 nitrogen and oxygen atoms in total. The smallest absolute Gasteiger partial charge is 0.494 e. The largest absolute Gasteiger partial charge is 0.573 e. The van der Waals surface area contributed by atoms with Gasteiger partial charge in [-0.15, -0.1) is 13.2 Å². The van der Waals surface area contributed by atoms with Gasteiger partial charge in [0.2, 0.25) is 0 Å². The van der Waals surface area contributed by atoms with E-state index in [0.29, 0.717) is 29.9 Å². The number of rotatable bonds is 12. The molecular formula is C25H27F3N2O5. The second kappa shape index (κ2) is 12.3. The van der Waals surface area contributed by atoms with Crippen LogP contribution in [0.15, 0.2) is 54.2 Å². The van der Waals surface area contributed by atoms with Crippen molar-refractivity contribution in [1.82, 2.24) is 10.6 Å². The zero-order valence-corrected chi connectivity index (χ0v) is 18.9. The molecule has 0 spiro atoms. The van der Waals surface area contributed by atoms with Crippen LogP contribution in [-0.4, -0.2) is 43.0 Å². The monoisotopic (exact) mass is 492 g/mol. The molecule has 0 bridgehead atoms. The SMILES string of the molecule is O=C(NCCCO)C(=Cc1ccc(OC(F)(F)F)cc1)NC(=O)c1ccc(OCCC2CC2)cc1. The van der Waals surface area contributed by atoms with Gasteiger partial charge in [0.15, 0.2) is 0 Å². The lowest BCUT2D eigenvalue weighted by molar-refractivity contribution is -0.274. The Morgan fingerprint density at radius 1 is 1.03 bits per heavy atom. The van der Waals surface area contributed by atoms with Crippen molar-refractivity contribution in [2.24, 2.45) is 5.92 Å². The number of ether oxygens (including phenoxy) is 2. The molecule has 1 fully saturated rings. The Hall–Kier alpha value is -3.53. The number of halogens is 3. The fraction of sp³-hybridized carbons (Fsp3) is 0.360. The highest BCUT2D eigenvalue weighted by Crippen LogP contribution is 2.32. The third-order valence-corrected chi connectivity index (χ3v) is 5.15. The standard InChI is InChI=1S/C25H27F3N2O5/c26-25(27,28)35-21-8-4-18(5-9-21)16-22(24(33)29-13-1-14-31)30-23(32)19-6-10-20(11-7-19)34-15-12-17-2-3-17/h4-11,16-17,31H,1-3,12-15H2,(H,29,33)(H,30,32). The number of nitrogens with one attached hydrogen (secondary N) is 2. The van der Waals surface area contributed by atoms with Crippen molar-refractivity contribution in [2.45, 2.75) is 32.0 Å². The average Bonchev–Trinajstić information content (AvgIpc) is 3.64. The van der Waals surface area contributed by atoms with Crippen LogP contribution in [0.2, 0.25) is 0 Å². The molecule has 0 atom stereocenters. The maximum atomic E-state index is 12.8. The first-order chi connectivity index (χ1) is 16.7. The van der Waals surface area contributed by atoms with E-state index < -0.39 is 23.9 Å². The normalized spacial score (nSPS) is 13.8. The van der Waals surface area contributed by atoms with E-state index in [1.54, 1.807) is 24.3 Å². The quantitative estimate of drug-likeness (QED) is 0.307. The van der Waals surface area contributed by atoms with Crippen molar-refractivity contribution in [3.8, 4) is 11.5 Å². The van der Waals surface area contributed by atoms with E-state index in [0.717, 1.165) is 24.5 Å². The van der Waals surface area contributed by atoms with Gasteiger partial charge in [0, 0.05) is 18.7 Å². The number of carbonyl (C=O) groups excluding carboxylic acids is 2. The second-order valence-corrected chi connectivity index (χ2v) is 8.07. The number of alkyl halides is 3. The summed E-state index contributed by atoms with van der Waals surface area (Å²) in [6.07, 6.45) is 0.332. The summed E-state index contributed by atoms with van der Waals surface area (Å²) < 4.78 is 46.6. The van der Waals surface area contributed by atoms with Crippen LogP contribution in [0.5, 0.6) is 11.5 Å². The van der Waals surface area contributed by atoms with Crippen molar-refractivity contribution >= 4 is 17.9 Å². The van der Waals surface area contributed by atoms with E-state index in [2.05, 4.69) is 15.4 Å². The summed E-state index contributed by atoms with van der Waals surface area (Å²) >= 11 is 0. The highest BCUT2D eigenvalue weighted by atomic mass is 19.4. The van der Waals surface area contributed by atoms with Crippen LogP contribution in [0.4, 0.5) is 13.2 Å². The van der Waals surface area contributed by atoms with Gasteiger partial charge in [-0.05, 0) is 66.8 Å². The van der Waals surface area contributed by atoms with Gasteiger partial charge in [0.05, 0.1) is 6.61 Å². The van der Waals surface area contributed by atoms with Gasteiger partial charge in [0.25, 0.3) is 11.8 Å². The van der Waals surface area contributed by atoms with Crippen molar-refractivity contribution < 1.29 is 37.3 Å². The molecule has 2 amide bonds. The van der Waals surface area contributed by atoms with Crippen molar-refractivity contribution in [3.05, 3.63) is 65.4 Å². The second-order valence-electron chi connectivity index (χ2n) is 8.07. The molecule has 1 saturated carbocycles. The number of hydrogen-bond acceptors (Lipinski definition) is 5. The van der Waals surface area contributed by atoms with E-state index in [1.165, 1.54) is 31.1 Å². The van der Waals surface area contributed by atoms with Crippen LogP contribution in [0.25, 0.3) is 6.08 Å². The summed E-state index contributed by atoms with van der Waals surface area (Å²) in [6.45, 7) is 0.666. The molecule has 35 heavy (non-hydrogen) atoms. The molecule has 0 saturated heterocycles. The van der Waals surface area contributed by atoms with Crippen LogP contribution in [-0.2, 0) is 4.79 Å². The van der Waals surface area contributed by atoms with Gasteiger partial charge in [0.1, 0.15) is 17.2 Å². The number of carbonyl (C=O) groups is 2. The molecule has 188 valence electrons. The Morgan fingerprint density at radius 3 is 2.29 bits per heavy atom. The fourth-order valence-electron chi connectivity index (χ4n) is 3.11. The Balaban J connectivity index is 1.68. The first kappa shape index (κ1) is 26.1. The molecule has 2 aromatic rings. The molecule has 0 radical (unpaired) electrons. The van der Waals surface area contributed by atoms with Crippen LogP contribution >= 0.6 is 0 Å². The highest BCUT2D eigenvalue weighted by Gasteiger charge is 2.31. The molecule has 1 aliphatic carbocycles. The summed E-state index contributed by atoms with van der Waals surface area (Å²) in [4.78, 5) is 25.4. The predicted molar refractivity (Wildman–Crippen MR) is 123 cm³/mol. The molecule has 0 aliphatic heterocycles. The summed E-state index contributed by atoms with van der Waals surface area (Å²) in [5, 5.41) is 14.0. The number of benzene rings is 2. The van der Waals surface area contributed by atoms with Gasteiger partial charge in [-0.1, -0.05) is 25.0 Å². The van der Waals surface area contributed by atoms with E-state index >= 15 is 0 Å². The van der Waals surface area contributed by atoms with Crippen molar-refractivity contribution in [3.63, 3.8) is 0 Å². The number of aliphatic hydroxyl groups is 1. The topological polar surface area (TPSA) is 96.9 Å². The zero-order valence-electron chi connectivity index (χ0n) is 18.9. The molecule has 3 N–H and O–H groups in total. The summed E-state index contributed by atoms with van der Waals surface area (Å²) in [5.74, 6) is -0.173. The lowest BCUT2D eigenvalue weighted by Crippen LogP contribution is -2.35. The van der Waals surface area contributed by atoms with E-state index in [4.69, 9.17) is 9.84 Å². The summed E-state index contributed by atoms with van der Waals surface area (Å²) in [7, 11) is 0. The maximum absolute atomic E-state index is 12.8. The molecule has 3 rings (SSSR count). The Kier molecular flexibility index (Phi) is 9.13. The lowest BCUT2D eigenvalue weighted by Gasteiger charge is -2.12. The number of amides is 2. The number of aliphatic hydroxyl groups excluding tert-OH is 1. The maximum Gasteiger partial charge on any atom is 0.573 e. The van der Waals surface area contributed by atoms with Gasteiger partial charge in [-0.25, -0.2) is 0 Å². The van der Waals surface area contributed by atoms with Gasteiger partial charge < -0.3 is 25.2 Å². The first-order valence-electron chi connectivity index (χ1n) is 11.2. The van der Waals surface area contributed by atoms with E-state index in [1.807, 2.05) is 0 Å². The highest BCUT2D eigenvalue weighted by molar-refractivity contribution is 6.05. The Bertz CT molecular complexity index is 1020. The van der Waals surface area contributed by atoms with Crippen LogP contribution in [0, 0.1) is 5.92 Å². The summed E-state index contributed by atoms with van der Waals surface area (Å²) in [6, 6.07) is 11.3. The summed E-state index contributed by atoms with van der Waals surface area (Å²) in [5.41, 5.74) is 0.552. The number of hydrogen-bond donors (Lipinski definition) is 3. The van der Waals surface area contributed by atoms with Gasteiger partial charge in [-0.2, -0.15) is 0 Å². The third-order valence-electron chi connectivity index (χ3n) is 5.15. The minimum atomic E-state index is -4.82. The molecular weight excluding hydrogens is 465 g/mol. The van der Waals surface area contributed by atoms with Crippen LogP contribution in [0.3, 0.4) is 0 Å². The molecule has 1 aliphatic rings. The van der Waals surface area contributed by atoms with Crippen molar-refractivity contribution in [2.75, 3.05) is 19.8 Å². The molecule has 2 aromatic carbocycles. The van der Waals surface area contributed by atoms with Gasteiger partial charge in [-0.3, -0.25) is 9.59 Å². The minimum Gasteiger partial charge on any atom is -0.494 e. The molecule has 0 unspecified atom stereocenters.